The molecule has 15 heavy (non-hydrogen) atoms. The quantitative estimate of drug-likeness (QED) is 0.553. The van der Waals surface area contributed by atoms with Gasteiger partial charge in [-0.05, 0) is 32.1 Å². The molecule has 1 unspecified atom stereocenters. The molecule has 0 aromatic rings. The van der Waals surface area contributed by atoms with Gasteiger partial charge in [-0.3, -0.25) is 4.99 Å². The lowest BCUT2D eigenvalue weighted by Crippen LogP contribution is -2.43. The number of hydrogen-bond donors (Lipinski definition) is 2. The lowest BCUT2D eigenvalue weighted by Gasteiger charge is -2.28. The predicted molar refractivity (Wildman–Crippen MR) is 66.0 cm³/mol. The minimum atomic E-state index is 0.478. The molecule has 3 N–H and O–H groups in total. The van der Waals surface area contributed by atoms with E-state index in [0.717, 1.165) is 18.9 Å². The molecule has 3 nitrogen and oxygen atoms in total. The third-order valence-electron chi connectivity index (χ3n) is 3.24. The van der Waals surface area contributed by atoms with Gasteiger partial charge < -0.3 is 11.1 Å². The number of guanidine groups is 1. The highest BCUT2D eigenvalue weighted by molar-refractivity contribution is 5.78. The van der Waals surface area contributed by atoms with Crippen LogP contribution in [0.1, 0.15) is 52.4 Å². The van der Waals surface area contributed by atoms with Gasteiger partial charge in [0.1, 0.15) is 0 Å². The van der Waals surface area contributed by atoms with E-state index < -0.39 is 0 Å². The molecule has 0 amide bonds. The summed E-state index contributed by atoms with van der Waals surface area (Å²) in [6.07, 6.45) is 7.90. The second-order valence-electron chi connectivity index (χ2n) is 4.60. The molecule has 1 atom stereocenters. The van der Waals surface area contributed by atoms with Crippen molar-refractivity contribution in [2.45, 2.75) is 58.4 Å². The minimum Gasteiger partial charge on any atom is -0.370 e. The zero-order chi connectivity index (χ0) is 11.1. The Balaban J connectivity index is 2.29. The molecule has 1 rings (SSSR count). The van der Waals surface area contributed by atoms with Gasteiger partial charge in [-0.25, -0.2) is 0 Å². The standard InChI is InChI=1S/C12H25N3/c1-3-9-14-12(13)15-10(2)11-7-5-4-6-8-11/h10-11H,3-9H2,1-2H3,(H3,13,14,15). The van der Waals surface area contributed by atoms with Gasteiger partial charge in [0.25, 0.3) is 0 Å². The second-order valence-corrected chi connectivity index (χ2v) is 4.60. The van der Waals surface area contributed by atoms with Crippen LogP contribution in [0.5, 0.6) is 0 Å². The van der Waals surface area contributed by atoms with Crippen molar-refractivity contribution in [3.8, 4) is 0 Å². The first kappa shape index (κ1) is 12.3. The fraction of sp³-hybridized carbons (Fsp3) is 0.917. The lowest BCUT2D eigenvalue weighted by atomic mass is 9.85. The summed E-state index contributed by atoms with van der Waals surface area (Å²) < 4.78 is 0. The molecule has 3 heteroatoms. The molecular formula is C12H25N3. The summed E-state index contributed by atoms with van der Waals surface area (Å²) in [5.74, 6) is 1.41. The second kappa shape index (κ2) is 6.70. The number of nitrogens with two attached hydrogens (primary N) is 1. The highest BCUT2D eigenvalue weighted by Gasteiger charge is 2.19. The Morgan fingerprint density at radius 1 is 1.40 bits per heavy atom. The first-order valence-corrected chi connectivity index (χ1v) is 6.30. The molecule has 0 saturated heterocycles. The van der Waals surface area contributed by atoms with E-state index in [1.165, 1.54) is 32.1 Å². The summed E-state index contributed by atoms with van der Waals surface area (Å²) in [7, 11) is 0. The smallest absolute Gasteiger partial charge is 0.188 e. The average Bonchev–Trinajstić information content (AvgIpc) is 2.27. The van der Waals surface area contributed by atoms with E-state index >= 15 is 0 Å². The fourth-order valence-corrected chi connectivity index (χ4v) is 2.26. The average molecular weight is 211 g/mol. The Morgan fingerprint density at radius 3 is 2.67 bits per heavy atom. The zero-order valence-corrected chi connectivity index (χ0v) is 10.1. The molecule has 0 heterocycles. The molecular weight excluding hydrogens is 186 g/mol. The van der Waals surface area contributed by atoms with Crippen molar-refractivity contribution in [2.75, 3.05) is 6.54 Å². The van der Waals surface area contributed by atoms with Crippen LogP contribution in [0.2, 0.25) is 0 Å². The number of nitrogens with zero attached hydrogens (tertiary/aromatic N) is 1. The van der Waals surface area contributed by atoms with Crippen LogP contribution < -0.4 is 11.1 Å². The van der Waals surface area contributed by atoms with Crippen molar-refractivity contribution in [2.24, 2.45) is 16.6 Å². The van der Waals surface area contributed by atoms with Crippen molar-refractivity contribution < 1.29 is 0 Å². The maximum Gasteiger partial charge on any atom is 0.188 e. The summed E-state index contributed by atoms with van der Waals surface area (Å²) in [4.78, 5) is 4.26. The van der Waals surface area contributed by atoms with Crippen LogP contribution >= 0.6 is 0 Å². The number of nitrogens with one attached hydrogen (secondary N) is 1. The predicted octanol–water partition coefficient (Wildman–Crippen LogP) is 2.27. The number of rotatable bonds is 4. The van der Waals surface area contributed by atoms with Crippen molar-refractivity contribution in [1.82, 2.24) is 5.32 Å². The zero-order valence-electron chi connectivity index (χ0n) is 10.1. The van der Waals surface area contributed by atoms with Gasteiger partial charge in [-0.2, -0.15) is 0 Å². The van der Waals surface area contributed by atoms with Crippen LogP contribution in [0.15, 0.2) is 4.99 Å². The molecule has 1 aliphatic rings. The number of aliphatic imine (C=N–C) groups is 1. The highest BCUT2D eigenvalue weighted by atomic mass is 15.1. The molecule has 0 spiro atoms. The van der Waals surface area contributed by atoms with Crippen LogP contribution in [0.3, 0.4) is 0 Å². The van der Waals surface area contributed by atoms with Crippen LogP contribution in [0.4, 0.5) is 0 Å². The van der Waals surface area contributed by atoms with Crippen LogP contribution in [-0.2, 0) is 0 Å². The van der Waals surface area contributed by atoms with E-state index in [9.17, 15) is 0 Å². The maximum absolute atomic E-state index is 5.81. The number of hydrogen-bond acceptors (Lipinski definition) is 1. The normalized spacial score (nSPS) is 21.3. The lowest BCUT2D eigenvalue weighted by molar-refractivity contribution is 0.301. The van der Waals surface area contributed by atoms with E-state index in [2.05, 4.69) is 24.2 Å². The summed E-state index contributed by atoms with van der Waals surface area (Å²) >= 11 is 0. The summed E-state index contributed by atoms with van der Waals surface area (Å²) in [6.45, 7) is 5.17. The van der Waals surface area contributed by atoms with Gasteiger partial charge in [-0.15, -0.1) is 0 Å². The van der Waals surface area contributed by atoms with Gasteiger partial charge in [-0.1, -0.05) is 26.2 Å². The Bertz CT molecular complexity index is 195. The molecule has 0 aliphatic heterocycles. The van der Waals surface area contributed by atoms with Gasteiger partial charge in [0.05, 0.1) is 0 Å². The highest BCUT2D eigenvalue weighted by Crippen LogP contribution is 2.26. The van der Waals surface area contributed by atoms with Crippen LogP contribution in [0, 0.1) is 5.92 Å². The van der Waals surface area contributed by atoms with Gasteiger partial charge in [0.2, 0.25) is 0 Å². The Hall–Kier alpha value is -0.730. The molecule has 0 bridgehead atoms. The molecule has 0 aromatic heterocycles. The van der Waals surface area contributed by atoms with Crippen molar-refractivity contribution >= 4 is 5.96 Å². The fourth-order valence-electron chi connectivity index (χ4n) is 2.26. The summed E-state index contributed by atoms with van der Waals surface area (Å²) in [5.41, 5.74) is 5.81. The minimum absolute atomic E-state index is 0.478. The van der Waals surface area contributed by atoms with Crippen molar-refractivity contribution in [3.63, 3.8) is 0 Å². The topological polar surface area (TPSA) is 50.4 Å². The molecule has 1 aliphatic carbocycles. The van der Waals surface area contributed by atoms with Crippen molar-refractivity contribution in [3.05, 3.63) is 0 Å². The van der Waals surface area contributed by atoms with E-state index in [1.54, 1.807) is 0 Å². The van der Waals surface area contributed by atoms with Crippen LogP contribution in [-0.4, -0.2) is 18.5 Å². The maximum atomic E-state index is 5.81. The monoisotopic (exact) mass is 211 g/mol. The van der Waals surface area contributed by atoms with Crippen molar-refractivity contribution in [1.29, 1.82) is 0 Å². The molecule has 1 fully saturated rings. The third-order valence-corrected chi connectivity index (χ3v) is 3.24. The summed E-state index contributed by atoms with van der Waals surface area (Å²) in [5, 5.41) is 3.31. The third kappa shape index (κ3) is 4.54. The van der Waals surface area contributed by atoms with Crippen LogP contribution in [0.25, 0.3) is 0 Å². The first-order chi connectivity index (χ1) is 7.24. The molecule has 88 valence electrons. The van der Waals surface area contributed by atoms with Gasteiger partial charge in [0, 0.05) is 12.6 Å². The van der Waals surface area contributed by atoms with Gasteiger partial charge >= 0.3 is 0 Å². The molecule has 0 aromatic carbocycles. The van der Waals surface area contributed by atoms with E-state index in [0.29, 0.717) is 12.0 Å². The Kier molecular flexibility index (Phi) is 5.51. The SMILES string of the molecule is CCCN=C(N)NC(C)C1CCCCC1. The Labute approximate surface area is 93.5 Å². The molecule has 1 saturated carbocycles. The largest absolute Gasteiger partial charge is 0.370 e. The van der Waals surface area contributed by atoms with E-state index in [4.69, 9.17) is 5.73 Å². The van der Waals surface area contributed by atoms with E-state index in [-0.39, 0.29) is 0 Å². The Morgan fingerprint density at radius 2 is 2.07 bits per heavy atom. The first-order valence-electron chi connectivity index (χ1n) is 6.30. The molecule has 0 radical (unpaired) electrons. The summed E-state index contributed by atoms with van der Waals surface area (Å²) in [6, 6.07) is 0.478. The van der Waals surface area contributed by atoms with E-state index in [1.807, 2.05) is 0 Å². The van der Waals surface area contributed by atoms with Gasteiger partial charge in [0.15, 0.2) is 5.96 Å².